The summed E-state index contributed by atoms with van der Waals surface area (Å²) in [6.45, 7) is 6.97. The van der Waals surface area contributed by atoms with Crippen LogP contribution < -0.4 is 10.6 Å². The highest BCUT2D eigenvalue weighted by Gasteiger charge is 2.20. The van der Waals surface area contributed by atoms with Crippen molar-refractivity contribution >= 4 is 48.9 Å². The van der Waals surface area contributed by atoms with Crippen molar-refractivity contribution < 1.29 is 0 Å². The Kier molecular flexibility index (Phi) is 6.31. The number of hydrogen-bond donors (Lipinski definition) is 2. The topological polar surface area (TPSA) is 29.0 Å². The molecular weight excluding hydrogens is 534 g/mol. The van der Waals surface area contributed by atoms with Crippen molar-refractivity contribution in [1.82, 2.24) is 15.2 Å². The van der Waals surface area contributed by atoms with Crippen LogP contribution in [0.4, 0.5) is 0 Å². The average molecular weight is 568 g/mol. The van der Waals surface area contributed by atoms with Crippen molar-refractivity contribution in [2.24, 2.45) is 0 Å². The molecule has 212 valence electrons. The fourth-order valence-corrected chi connectivity index (χ4v) is 6.80. The maximum Gasteiger partial charge on any atom is 0.0696 e. The van der Waals surface area contributed by atoms with Crippen LogP contribution >= 0.6 is 0 Å². The molecule has 2 aliphatic rings. The highest BCUT2D eigenvalue weighted by Crippen LogP contribution is 2.40. The molecule has 0 amide bonds. The van der Waals surface area contributed by atoms with Gasteiger partial charge < -0.3 is 15.2 Å². The third kappa shape index (κ3) is 4.20. The predicted molar refractivity (Wildman–Crippen MR) is 188 cm³/mol. The van der Waals surface area contributed by atoms with E-state index >= 15 is 0 Å². The monoisotopic (exact) mass is 567 g/mol. The molecule has 2 aliphatic heterocycles. The first-order chi connectivity index (χ1) is 21.7. The van der Waals surface area contributed by atoms with E-state index in [1.807, 2.05) is 6.08 Å². The Morgan fingerprint density at radius 1 is 0.795 bits per heavy atom. The molecule has 0 spiro atoms. The molecule has 3 nitrogen and oxygen atoms in total. The molecule has 0 radical (unpaired) electrons. The maximum atomic E-state index is 4.03. The van der Waals surface area contributed by atoms with Crippen LogP contribution in [0.2, 0.25) is 0 Å². The molecule has 1 unspecified atom stereocenters. The van der Waals surface area contributed by atoms with Crippen LogP contribution in [0, 0.1) is 0 Å². The lowest BCUT2D eigenvalue weighted by Crippen LogP contribution is -2.18. The fourth-order valence-electron chi connectivity index (χ4n) is 6.80. The zero-order valence-corrected chi connectivity index (χ0v) is 24.7. The quantitative estimate of drug-likeness (QED) is 0.203. The molecule has 1 aromatic heterocycles. The summed E-state index contributed by atoms with van der Waals surface area (Å²) in [7, 11) is 0. The molecule has 2 N–H and O–H groups in total. The molecule has 0 saturated carbocycles. The molecule has 44 heavy (non-hydrogen) atoms. The normalized spacial score (nSPS) is 16.7. The molecule has 6 aromatic rings. The Labute approximate surface area is 257 Å². The van der Waals surface area contributed by atoms with Crippen molar-refractivity contribution in [3.63, 3.8) is 0 Å². The largest absolute Gasteiger partial charge is 0.387 e. The molecule has 0 bridgehead atoms. The standard InChI is InChI=1S/C41H33N3/c1-3-27(4-2)29-14-18-35-30(23-29)15-20-37-36-19-16-31(38-21-17-33(26-43-38)32-11-8-22-42-25-32)24-40(36)44(41(35)37)39-13-7-10-28-9-5-6-12-34(28)39/h3-21,23-26,38,42-43H,1,22H2,2H3/b27-4+. The summed E-state index contributed by atoms with van der Waals surface area (Å²) in [5.74, 6) is 0. The molecule has 5 aromatic carbocycles. The minimum atomic E-state index is 0.0840. The molecule has 1 atom stereocenters. The zero-order valence-electron chi connectivity index (χ0n) is 24.7. The number of dihydropyridines is 2. The highest BCUT2D eigenvalue weighted by molar-refractivity contribution is 6.19. The van der Waals surface area contributed by atoms with E-state index < -0.39 is 0 Å². The van der Waals surface area contributed by atoms with E-state index in [-0.39, 0.29) is 6.04 Å². The lowest BCUT2D eigenvalue weighted by molar-refractivity contribution is 0.741. The summed E-state index contributed by atoms with van der Waals surface area (Å²) in [6.07, 6.45) is 17.1. The van der Waals surface area contributed by atoms with Crippen LogP contribution in [0.15, 0.2) is 158 Å². The van der Waals surface area contributed by atoms with Crippen LogP contribution in [0.25, 0.3) is 54.6 Å². The van der Waals surface area contributed by atoms with E-state index in [4.69, 9.17) is 0 Å². The Balaban J connectivity index is 1.35. The first-order valence-corrected chi connectivity index (χ1v) is 15.3. The van der Waals surface area contributed by atoms with Crippen LogP contribution in [0.5, 0.6) is 0 Å². The van der Waals surface area contributed by atoms with Gasteiger partial charge in [-0.25, -0.2) is 0 Å². The van der Waals surface area contributed by atoms with Crippen molar-refractivity contribution in [2.75, 3.05) is 6.54 Å². The van der Waals surface area contributed by atoms with Gasteiger partial charge in [-0.1, -0.05) is 116 Å². The molecule has 8 rings (SSSR count). The molecule has 0 fully saturated rings. The summed E-state index contributed by atoms with van der Waals surface area (Å²) in [4.78, 5) is 0. The summed E-state index contributed by atoms with van der Waals surface area (Å²) in [5.41, 5.74) is 9.55. The van der Waals surface area contributed by atoms with Gasteiger partial charge in [-0.05, 0) is 63.7 Å². The van der Waals surface area contributed by atoms with E-state index in [0.717, 1.165) is 12.1 Å². The fraction of sp³-hybridized carbons (Fsp3) is 0.0732. The van der Waals surface area contributed by atoms with Gasteiger partial charge in [-0.15, -0.1) is 0 Å². The van der Waals surface area contributed by atoms with E-state index in [2.05, 4.69) is 162 Å². The molecule has 0 saturated heterocycles. The van der Waals surface area contributed by atoms with Gasteiger partial charge in [0.15, 0.2) is 0 Å². The summed E-state index contributed by atoms with van der Waals surface area (Å²) in [6, 6.07) is 33.7. The highest BCUT2D eigenvalue weighted by atomic mass is 15.0. The van der Waals surface area contributed by atoms with Crippen molar-refractivity contribution in [3.05, 3.63) is 169 Å². The van der Waals surface area contributed by atoms with Crippen LogP contribution in [-0.4, -0.2) is 11.1 Å². The van der Waals surface area contributed by atoms with Gasteiger partial charge in [0.1, 0.15) is 0 Å². The number of rotatable bonds is 5. The molecule has 3 heteroatoms. The second kappa shape index (κ2) is 10.6. The molecule has 0 aliphatic carbocycles. The van der Waals surface area contributed by atoms with Crippen LogP contribution in [0.1, 0.15) is 24.1 Å². The summed E-state index contributed by atoms with van der Waals surface area (Å²) < 4.78 is 2.49. The second-order valence-electron chi connectivity index (χ2n) is 11.5. The number of benzene rings is 5. The number of nitrogens with zero attached hydrogens (tertiary/aromatic N) is 1. The van der Waals surface area contributed by atoms with E-state index in [1.165, 1.54) is 71.3 Å². The lowest BCUT2D eigenvalue weighted by Gasteiger charge is -2.21. The first kappa shape index (κ1) is 26.1. The van der Waals surface area contributed by atoms with Gasteiger partial charge in [0.2, 0.25) is 0 Å². The van der Waals surface area contributed by atoms with Gasteiger partial charge in [0.05, 0.1) is 22.8 Å². The Morgan fingerprint density at radius 2 is 1.64 bits per heavy atom. The van der Waals surface area contributed by atoms with E-state index in [9.17, 15) is 0 Å². The Morgan fingerprint density at radius 3 is 2.45 bits per heavy atom. The first-order valence-electron chi connectivity index (χ1n) is 15.3. The average Bonchev–Trinajstić information content (AvgIpc) is 3.43. The summed E-state index contributed by atoms with van der Waals surface area (Å²) >= 11 is 0. The lowest BCUT2D eigenvalue weighted by atomic mass is 9.97. The van der Waals surface area contributed by atoms with Crippen molar-refractivity contribution in [2.45, 2.75) is 13.0 Å². The minimum absolute atomic E-state index is 0.0840. The van der Waals surface area contributed by atoms with E-state index in [1.54, 1.807) is 0 Å². The smallest absolute Gasteiger partial charge is 0.0696 e. The number of allylic oxidation sites excluding steroid dienone is 7. The maximum absolute atomic E-state index is 4.03. The predicted octanol–water partition coefficient (Wildman–Crippen LogP) is 9.81. The van der Waals surface area contributed by atoms with Crippen molar-refractivity contribution in [1.29, 1.82) is 0 Å². The Bertz CT molecular complexity index is 2280. The number of nitrogens with one attached hydrogen (secondary N) is 2. The second-order valence-corrected chi connectivity index (χ2v) is 11.5. The molecular formula is C41H33N3. The molecule has 3 heterocycles. The Hall–Kier alpha value is -5.54. The number of aromatic nitrogens is 1. The van der Waals surface area contributed by atoms with Gasteiger partial charge in [0, 0.05) is 40.5 Å². The van der Waals surface area contributed by atoms with Crippen LogP contribution in [-0.2, 0) is 0 Å². The SMILES string of the molecule is C=C/C(=C\C)c1ccc2c(ccc3c4ccc(C5C=CC(C6=CNCC=C6)=CN5)cc4n(-c4cccc5ccccc45)c23)c1. The number of fused-ring (bicyclic) bond motifs is 6. The number of hydrogen-bond acceptors (Lipinski definition) is 2. The minimum Gasteiger partial charge on any atom is -0.387 e. The third-order valence-corrected chi connectivity index (χ3v) is 9.01. The van der Waals surface area contributed by atoms with Gasteiger partial charge in [0.25, 0.3) is 0 Å². The zero-order chi connectivity index (χ0) is 29.6. The van der Waals surface area contributed by atoms with Crippen molar-refractivity contribution in [3.8, 4) is 5.69 Å². The van der Waals surface area contributed by atoms with Gasteiger partial charge in [-0.3, -0.25) is 0 Å². The van der Waals surface area contributed by atoms with Gasteiger partial charge >= 0.3 is 0 Å². The van der Waals surface area contributed by atoms with Gasteiger partial charge in [-0.2, -0.15) is 0 Å². The van der Waals surface area contributed by atoms with E-state index in [0.29, 0.717) is 0 Å². The summed E-state index contributed by atoms with van der Waals surface area (Å²) in [5, 5.41) is 14.4. The van der Waals surface area contributed by atoms with Crippen LogP contribution in [0.3, 0.4) is 0 Å². The third-order valence-electron chi connectivity index (χ3n) is 9.01.